The fraction of sp³-hybridized carbons (Fsp3) is 0.300. The number of rotatable bonds is 2. The molecular formula is C10H10FNO3. The Labute approximate surface area is 85.4 Å². The van der Waals surface area contributed by atoms with Crippen LogP contribution in [-0.4, -0.2) is 22.7 Å². The van der Waals surface area contributed by atoms with Gasteiger partial charge in [-0.1, -0.05) is 0 Å². The van der Waals surface area contributed by atoms with Gasteiger partial charge in [0.25, 0.3) is 0 Å². The van der Waals surface area contributed by atoms with Crippen LogP contribution in [0.15, 0.2) is 12.1 Å². The van der Waals surface area contributed by atoms with Crippen LogP contribution in [0.3, 0.4) is 0 Å². The topological polar surface area (TPSA) is 69.6 Å². The zero-order chi connectivity index (χ0) is 11.0. The van der Waals surface area contributed by atoms with Gasteiger partial charge >= 0.3 is 5.97 Å². The Kier molecular flexibility index (Phi) is 2.32. The molecule has 0 aliphatic carbocycles. The van der Waals surface area contributed by atoms with Gasteiger partial charge in [-0.3, -0.25) is 0 Å². The molecule has 3 N–H and O–H groups in total. The van der Waals surface area contributed by atoms with E-state index in [1.807, 2.05) is 0 Å². The molecule has 2 rings (SSSR count). The molecule has 0 spiro atoms. The summed E-state index contributed by atoms with van der Waals surface area (Å²) in [5, 5.41) is 21.3. The molecule has 0 bridgehead atoms. The maximum Gasteiger partial charge on any atom is 0.339 e. The zero-order valence-corrected chi connectivity index (χ0v) is 7.83. The van der Waals surface area contributed by atoms with Crippen molar-refractivity contribution in [3.8, 4) is 5.75 Å². The minimum Gasteiger partial charge on any atom is -0.507 e. The highest BCUT2D eigenvalue weighted by atomic mass is 19.1. The fourth-order valence-corrected chi connectivity index (χ4v) is 1.62. The zero-order valence-electron chi connectivity index (χ0n) is 7.83. The normalized spacial score (nSPS) is 19.7. The van der Waals surface area contributed by atoms with E-state index in [2.05, 4.69) is 5.32 Å². The van der Waals surface area contributed by atoms with Crippen LogP contribution < -0.4 is 5.32 Å². The van der Waals surface area contributed by atoms with Gasteiger partial charge in [-0.2, -0.15) is 0 Å². The van der Waals surface area contributed by atoms with Gasteiger partial charge in [0.05, 0.1) is 0 Å². The average Bonchev–Trinajstić information content (AvgIpc) is 2.08. The molecule has 1 aliphatic heterocycles. The molecule has 4 nitrogen and oxygen atoms in total. The Morgan fingerprint density at radius 1 is 1.53 bits per heavy atom. The van der Waals surface area contributed by atoms with Crippen molar-refractivity contribution in [2.75, 3.05) is 6.54 Å². The number of benzene rings is 1. The first-order valence-corrected chi connectivity index (χ1v) is 4.59. The summed E-state index contributed by atoms with van der Waals surface area (Å²) in [6, 6.07) is 1.86. The number of carboxylic acid groups (broad SMARTS) is 1. The van der Waals surface area contributed by atoms with Gasteiger partial charge in [0.15, 0.2) is 0 Å². The lowest BCUT2D eigenvalue weighted by molar-refractivity contribution is 0.0693. The first-order valence-electron chi connectivity index (χ1n) is 4.59. The molecule has 5 heteroatoms. The lowest BCUT2D eigenvalue weighted by atomic mass is 9.94. The third kappa shape index (κ3) is 1.55. The molecule has 15 heavy (non-hydrogen) atoms. The van der Waals surface area contributed by atoms with Gasteiger partial charge in [0, 0.05) is 11.6 Å². The van der Waals surface area contributed by atoms with Gasteiger partial charge in [-0.25, -0.2) is 9.18 Å². The quantitative estimate of drug-likeness (QED) is 0.688. The van der Waals surface area contributed by atoms with Crippen LogP contribution in [0.1, 0.15) is 28.4 Å². The molecular weight excluding hydrogens is 201 g/mol. The summed E-state index contributed by atoms with van der Waals surface area (Å²) in [6.07, 6.45) is 0.702. The number of carbonyl (C=O) groups is 1. The van der Waals surface area contributed by atoms with E-state index in [1.54, 1.807) is 0 Å². The SMILES string of the molecule is O=C(O)c1ccc(F)c([C@@H]2CCN2)c1O. The van der Waals surface area contributed by atoms with Gasteiger partial charge < -0.3 is 15.5 Å². The van der Waals surface area contributed by atoms with E-state index in [4.69, 9.17) is 5.11 Å². The second kappa shape index (κ2) is 3.51. The van der Waals surface area contributed by atoms with Crippen molar-refractivity contribution in [3.63, 3.8) is 0 Å². The summed E-state index contributed by atoms with van der Waals surface area (Å²) >= 11 is 0. The van der Waals surface area contributed by atoms with Gasteiger partial charge in [0.1, 0.15) is 17.1 Å². The second-order valence-corrected chi connectivity index (χ2v) is 3.46. The van der Waals surface area contributed by atoms with E-state index in [-0.39, 0.29) is 17.2 Å². The molecule has 0 aromatic heterocycles. The van der Waals surface area contributed by atoms with E-state index in [0.717, 1.165) is 18.7 Å². The van der Waals surface area contributed by atoms with E-state index < -0.39 is 17.5 Å². The number of aromatic carboxylic acids is 1. The smallest absolute Gasteiger partial charge is 0.339 e. The van der Waals surface area contributed by atoms with Crippen molar-refractivity contribution in [2.45, 2.75) is 12.5 Å². The van der Waals surface area contributed by atoms with Crippen molar-refractivity contribution >= 4 is 5.97 Å². The van der Waals surface area contributed by atoms with Crippen LogP contribution in [0.5, 0.6) is 5.75 Å². The number of carboxylic acids is 1. The molecule has 80 valence electrons. The molecule has 1 aliphatic rings. The molecule has 1 atom stereocenters. The van der Waals surface area contributed by atoms with E-state index in [9.17, 15) is 14.3 Å². The number of aromatic hydroxyl groups is 1. The first kappa shape index (κ1) is 9.92. The number of nitrogens with one attached hydrogen (secondary N) is 1. The van der Waals surface area contributed by atoms with Crippen LogP contribution in [0.4, 0.5) is 4.39 Å². The average molecular weight is 211 g/mol. The summed E-state index contributed by atoms with van der Waals surface area (Å²) in [6.45, 7) is 0.751. The van der Waals surface area contributed by atoms with Gasteiger partial charge in [-0.15, -0.1) is 0 Å². The van der Waals surface area contributed by atoms with Crippen molar-refractivity contribution in [3.05, 3.63) is 29.1 Å². The molecule has 1 aromatic rings. The molecule has 1 fully saturated rings. The van der Waals surface area contributed by atoms with Gasteiger partial charge in [0.2, 0.25) is 0 Å². The standard InChI is InChI=1S/C10H10FNO3/c11-6-2-1-5(10(14)15)9(13)8(6)7-3-4-12-7/h1-2,7,12-13H,3-4H2,(H,14,15)/t7-/m0/s1. The van der Waals surface area contributed by atoms with E-state index in [0.29, 0.717) is 6.42 Å². The number of hydrogen-bond acceptors (Lipinski definition) is 3. The van der Waals surface area contributed by atoms with E-state index >= 15 is 0 Å². The molecule has 1 saturated heterocycles. The number of hydrogen-bond donors (Lipinski definition) is 3. The maximum atomic E-state index is 13.4. The van der Waals surface area contributed by atoms with Gasteiger partial charge in [-0.05, 0) is 25.1 Å². The minimum atomic E-state index is -1.26. The predicted molar refractivity (Wildman–Crippen MR) is 50.4 cm³/mol. The Morgan fingerprint density at radius 2 is 2.20 bits per heavy atom. The molecule has 0 unspecified atom stereocenters. The molecule has 0 saturated carbocycles. The lowest BCUT2D eigenvalue weighted by Crippen LogP contribution is -2.35. The lowest BCUT2D eigenvalue weighted by Gasteiger charge is -2.29. The van der Waals surface area contributed by atoms with Crippen LogP contribution in [0.2, 0.25) is 0 Å². The Morgan fingerprint density at radius 3 is 2.67 bits per heavy atom. The Bertz CT molecular complexity index is 415. The summed E-state index contributed by atoms with van der Waals surface area (Å²) < 4.78 is 13.4. The molecule has 1 aromatic carbocycles. The summed E-state index contributed by atoms with van der Waals surface area (Å²) in [4.78, 5) is 10.7. The van der Waals surface area contributed by atoms with Crippen molar-refractivity contribution < 1.29 is 19.4 Å². The molecule has 1 heterocycles. The monoisotopic (exact) mass is 211 g/mol. The Balaban J connectivity index is 2.50. The number of phenols is 1. The maximum absolute atomic E-state index is 13.4. The summed E-state index contributed by atoms with van der Waals surface area (Å²) in [5.74, 6) is -2.30. The van der Waals surface area contributed by atoms with E-state index in [1.165, 1.54) is 0 Å². The summed E-state index contributed by atoms with van der Waals surface area (Å²) in [5.41, 5.74) is -0.207. The Hall–Kier alpha value is -1.62. The highest BCUT2D eigenvalue weighted by Gasteiger charge is 2.27. The highest BCUT2D eigenvalue weighted by Crippen LogP contribution is 2.34. The minimum absolute atomic E-state index is 0.0566. The first-order chi connectivity index (χ1) is 7.11. The molecule has 0 radical (unpaired) electrons. The largest absolute Gasteiger partial charge is 0.507 e. The number of halogens is 1. The highest BCUT2D eigenvalue weighted by molar-refractivity contribution is 5.91. The van der Waals surface area contributed by atoms with Crippen molar-refractivity contribution in [2.24, 2.45) is 0 Å². The van der Waals surface area contributed by atoms with Crippen molar-refractivity contribution in [1.82, 2.24) is 5.32 Å². The van der Waals surface area contributed by atoms with Crippen LogP contribution >= 0.6 is 0 Å². The molecule has 0 amide bonds. The van der Waals surface area contributed by atoms with Crippen LogP contribution in [0, 0.1) is 5.82 Å². The predicted octanol–water partition coefficient (Wildman–Crippen LogP) is 1.26. The third-order valence-corrected chi connectivity index (χ3v) is 2.57. The van der Waals surface area contributed by atoms with Crippen LogP contribution in [0.25, 0.3) is 0 Å². The second-order valence-electron chi connectivity index (χ2n) is 3.46. The third-order valence-electron chi connectivity index (χ3n) is 2.57. The summed E-state index contributed by atoms with van der Waals surface area (Å²) in [7, 11) is 0. The van der Waals surface area contributed by atoms with Crippen LogP contribution in [-0.2, 0) is 0 Å². The fourth-order valence-electron chi connectivity index (χ4n) is 1.62. The van der Waals surface area contributed by atoms with Crippen molar-refractivity contribution in [1.29, 1.82) is 0 Å².